The maximum Gasteiger partial charge on any atom is 0.335 e. The first-order valence-electron chi connectivity index (χ1n) is 7.49. The van der Waals surface area contributed by atoms with Crippen LogP contribution in [-0.4, -0.2) is 11.1 Å². The molecule has 2 aromatic carbocycles. The Hall–Kier alpha value is -2.09. The third-order valence-corrected chi connectivity index (χ3v) is 3.96. The van der Waals surface area contributed by atoms with Gasteiger partial charge in [-0.3, -0.25) is 0 Å². The molecule has 0 saturated heterocycles. The summed E-state index contributed by atoms with van der Waals surface area (Å²) in [6, 6.07) is 11.7. The van der Waals surface area contributed by atoms with Crippen LogP contribution in [0.2, 0.25) is 0 Å². The van der Waals surface area contributed by atoms with Gasteiger partial charge in [0.2, 0.25) is 0 Å². The van der Waals surface area contributed by atoms with Gasteiger partial charge in [0.1, 0.15) is 0 Å². The lowest BCUT2D eigenvalue weighted by Crippen LogP contribution is -2.06. The summed E-state index contributed by atoms with van der Waals surface area (Å²) in [5, 5.41) is 9.34. The molecule has 0 aliphatic rings. The van der Waals surface area contributed by atoms with E-state index in [2.05, 4.69) is 32.9 Å². The Kier molecular flexibility index (Phi) is 4.79. The Morgan fingerprint density at radius 1 is 1.00 bits per heavy atom. The Morgan fingerprint density at radius 2 is 1.57 bits per heavy atom. The van der Waals surface area contributed by atoms with Crippen molar-refractivity contribution in [2.45, 2.75) is 40.0 Å². The second-order valence-corrected chi connectivity index (χ2v) is 5.41. The average Bonchev–Trinajstić information content (AvgIpc) is 2.48. The molecule has 0 amide bonds. The number of aryl methyl sites for hydroxylation is 3. The number of carboxylic acids is 1. The average molecular weight is 282 g/mol. The number of rotatable bonds is 5. The van der Waals surface area contributed by atoms with Gasteiger partial charge < -0.3 is 5.11 Å². The van der Waals surface area contributed by atoms with E-state index >= 15 is 0 Å². The van der Waals surface area contributed by atoms with Crippen molar-refractivity contribution in [2.75, 3.05) is 0 Å². The highest BCUT2D eigenvalue weighted by molar-refractivity contribution is 5.89. The van der Waals surface area contributed by atoms with Gasteiger partial charge in [-0.2, -0.15) is 0 Å². The minimum atomic E-state index is -0.853. The predicted molar refractivity (Wildman–Crippen MR) is 86.1 cm³/mol. The Balaban J connectivity index is 2.51. The highest BCUT2D eigenvalue weighted by Crippen LogP contribution is 2.24. The SMILES string of the molecule is CCc1cc(C)cc(CC)c1Cc1ccccc1C(=O)O. The van der Waals surface area contributed by atoms with E-state index in [0.717, 1.165) is 18.4 Å². The van der Waals surface area contributed by atoms with Gasteiger partial charge in [-0.25, -0.2) is 4.79 Å². The first-order chi connectivity index (χ1) is 10.1. The summed E-state index contributed by atoms with van der Waals surface area (Å²) < 4.78 is 0. The van der Waals surface area contributed by atoms with E-state index in [1.54, 1.807) is 12.1 Å². The Morgan fingerprint density at radius 3 is 2.10 bits per heavy atom. The lowest BCUT2D eigenvalue weighted by Gasteiger charge is -2.16. The molecule has 2 heteroatoms. The Labute approximate surface area is 126 Å². The van der Waals surface area contributed by atoms with Gasteiger partial charge in [-0.15, -0.1) is 0 Å². The van der Waals surface area contributed by atoms with Crippen LogP contribution in [-0.2, 0) is 19.3 Å². The van der Waals surface area contributed by atoms with Crippen molar-refractivity contribution in [1.29, 1.82) is 0 Å². The third kappa shape index (κ3) is 3.33. The zero-order valence-electron chi connectivity index (χ0n) is 12.9. The molecule has 1 N–H and O–H groups in total. The molecule has 0 atom stereocenters. The normalized spacial score (nSPS) is 10.6. The first kappa shape index (κ1) is 15.3. The first-order valence-corrected chi connectivity index (χ1v) is 7.49. The lowest BCUT2D eigenvalue weighted by atomic mass is 9.89. The van der Waals surface area contributed by atoms with Gasteiger partial charge in [0.15, 0.2) is 0 Å². The van der Waals surface area contributed by atoms with Crippen LogP contribution in [0.15, 0.2) is 36.4 Å². The van der Waals surface area contributed by atoms with Crippen LogP contribution < -0.4 is 0 Å². The fourth-order valence-electron chi connectivity index (χ4n) is 2.90. The molecule has 21 heavy (non-hydrogen) atoms. The van der Waals surface area contributed by atoms with Gasteiger partial charge in [0, 0.05) is 0 Å². The largest absolute Gasteiger partial charge is 0.478 e. The third-order valence-electron chi connectivity index (χ3n) is 3.96. The van der Waals surface area contributed by atoms with Crippen molar-refractivity contribution >= 4 is 5.97 Å². The van der Waals surface area contributed by atoms with Gasteiger partial charge in [0.25, 0.3) is 0 Å². The number of carboxylic acid groups (broad SMARTS) is 1. The molecule has 0 spiro atoms. The molecule has 0 fully saturated rings. The van der Waals surface area contributed by atoms with E-state index in [0.29, 0.717) is 12.0 Å². The molecule has 0 aliphatic heterocycles. The van der Waals surface area contributed by atoms with E-state index < -0.39 is 5.97 Å². The van der Waals surface area contributed by atoms with Gasteiger partial charge in [-0.05, 0) is 54.5 Å². The number of carbonyl (C=O) groups is 1. The van der Waals surface area contributed by atoms with Crippen molar-refractivity contribution < 1.29 is 9.90 Å². The molecule has 2 nitrogen and oxygen atoms in total. The van der Waals surface area contributed by atoms with Crippen LogP contribution in [0.25, 0.3) is 0 Å². The molecule has 0 unspecified atom stereocenters. The van der Waals surface area contributed by atoms with E-state index in [1.807, 2.05) is 12.1 Å². The number of hydrogen-bond acceptors (Lipinski definition) is 1. The van der Waals surface area contributed by atoms with E-state index in [-0.39, 0.29) is 0 Å². The summed E-state index contributed by atoms with van der Waals surface area (Å²) >= 11 is 0. The van der Waals surface area contributed by atoms with Crippen LogP contribution in [0.5, 0.6) is 0 Å². The smallest absolute Gasteiger partial charge is 0.335 e. The minimum absolute atomic E-state index is 0.405. The molecular formula is C19H22O2. The summed E-state index contributed by atoms with van der Waals surface area (Å²) in [6.07, 6.45) is 2.63. The highest BCUT2D eigenvalue weighted by atomic mass is 16.4. The minimum Gasteiger partial charge on any atom is -0.478 e. The fourth-order valence-corrected chi connectivity index (χ4v) is 2.90. The quantitative estimate of drug-likeness (QED) is 0.882. The molecule has 0 aromatic heterocycles. The maximum atomic E-state index is 11.4. The molecule has 0 aliphatic carbocycles. The van der Waals surface area contributed by atoms with Crippen LogP contribution in [0.1, 0.15) is 52.0 Å². The number of benzene rings is 2. The van der Waals surface area contributed by atoms with Crippen LogP contribution in [0.3, 0.4) is 0 Å². The molecule has 0 saturated carbocycles. The summed E-state index contributed by atoms with van der Waals surface area (Å²) in [6.45, 7) is 6.43. The van der Waals surface area contributed by atoms with E-state index in [1.165, 1.54) is 22.3 Å². The van der Waals surface area contributed by atoms with Crippen molar-refractivity contribution in [3.63, 3.8) is 0 Å². The molecule has 110 valence electrons. The molecule has 2 aromatic rings. The van der Waals surface area contributed by atoms with Crippen molar-refractivity contribution in [3.8, 4) is 0 Å². The maximum absolute atomic E-state index is 11.4. The topological polar surface area (TPSA) is 37.3 Å². The molecular weight excluding hydrogens is 260 g/mol. The highest BCUT2D eigenvalue weighted by Gasteiger charge is 2.13. The van der Waals surface area contributed by atoms with E-state index in [4.69, 9.17) is 0 Å². The summed E-state index contributed by atoms with van der Waals surface area (Å²) in [4.78, 5) is 11.4. The number of hydrogen-bond donors (Lipinski definition) is 1. The monoisotopic (exact) mass is 282 g/mol. The second kappa shape index (κ2) is 6.57. The second-order valence-electron chi connectivity index (χ2n) is 5.41. The van der Waals surface area contributed by atoms with Crippen molar-refractivity contribution in [2.24, 2.45) is 0 Å². The van der Waals surface area contributed by atoms with Gasteiger partial charge in [-0.1, -0.05) is 49.7 Å². The lowest BCUT2D eigenvalue weighted by molar-refractivity contribution is 0.0696. The number of aromatic carboxylic acids is 1. The van der Waals surface area contributed by atoms with Gasteiger partial charge in [0.05, 0.1) is 5.56 Å². The summed E-state index contributed by atoms with van der Waals surface area (Å²) in [5.41, 5.74) is 6.51. The van der Waals surface area contributed by atoms with Crippen molar-refractivity contribution in [3.05, 3.63) is 69.8 Å². The molecule has 2 rings (SSSR count). The van der Waals surface area contributed by atoms with Crippen LogP contribution in [0.4, 0.5) is 0 Å². The van der Waals surface area contributed by atoms with Gasteiger partial charge >= 0.3 is 5.97 Å². The van der Waals surface area contributed by atoms with E-state index in [9.17, 15) is 9.90 Å². The standard InChI is InChI=1S/C19H22O2/c1-4-14-10-13(3)11-15(5-2)18(14)12-16-8-6-7-9-17(16)19(20)21/h6-11H,4-5,12H2,1-3H3,(H,20,21). The van der Waals surface area contributed by atoms with Crippen molar-refractivity contribution in [1.82, 2.24) is 0 Å². The Bertz CT molecular complexity index is 631. The summed E-state index contributed by atoms with van der Waals surface area (Å²) in [5.74, 6) is -0.853. The summed E-state index contributed by atoms with van der Waals surface area (Å²) in [7, 11) is 0. The predicted octanol–water partition coefficient (Wildman–Crippen LogP) is 4.41. The zero-order chi connectivity index (χ0) is 15.4. The molecule has 0 heterocycles. The molecule has 0 radical (unpaired) electrons. The zero-order valence-corrected chi connectivity index (χ0v) is 12.9. The fraction of sp³-hybridized carbons (Fsp3) is 0.316. The molecule has 0 bridgehead atoms. The van der Waals surface area contributed by atoms with Crippen LogP contribution in [0, 0.1) is 6.92 Å². The van der Waals surface area contributed by atoms with Crippen LogP contribution >= 0.6 is 0 Å².